The minimum absolute atomic E-state index is 0.0712. The van der Waals surface area contributed by atoms with Crippen LogP contribution in [0.2, 0.25) is 0 Å². The summed E-state index contributed by atoms with van der Waals surface area (Å²) in [6.07, 6.45) is 0.983. The number of piperidine rings is 1. The zero-order chi connectivity index (χ0) is 16.3. The molecule has 0 radical (unpaired) electrons. The zero-order valence-corrected chi connectivity index (χ0v) is 13.5. The van der Waals surface area contributed by atoms with Gasteiger partial charge in [-0.25, -0.2) is 4.79 Å². The number of para-hydroxylation sites is 1. The summed E-state index contributed by atoms with van der Waals surface area (Å²) in [6, 6.07) is 7.14. The van der Waals surface area contributed by atoms with Crippen molar-refractivity contribution >= 4 is 17.6 Å². The second-order valence-corrected chi connectivity index (χ2v) is 6.69. The molecule has 120 valence electrons. The first-order valence-electron chi connectivity index (χ1n) is 7.64. The first kappa shape index (κ1) is 16.3. The lowest BCUT2D eigenvalue weighted by Crippen LogP contribution is -2.43. The van der Waals surface area contributed by atoms with Crippen LogP contribution < -0.4 is 5.73 Å². The SMILES string of the molecule is CC(C)(C)OC(=O)N1CCC(C(=O)c2ccccc2N)CC1. The highest BCUT2D eigenvalue weighted by Crippen LogP contribution is 2.25. The van der Waals surface area contributed by atoms with Gasteiger partial charge in [-0.2, -0.15) is 0 Å². The number of Topliss-reactive ketones (excluding diaryl/α,β-unsaturated/α-hetero) is 1. The van der Waals surface area contributed by atoms with Gasteiger partial charge >= 0.3 is 6.09 Å². The molecule has 0 saturated carbocycles. The monoisotopic (exact) mass is 304 g/mol. The van der Waals surface area contributed by atoms with Crippen molar-refractivity contribution in [1.82, 2.24) is 4.90 Å². The molecule has 1 aliphatic heterocycles. The maximum Gasteiger partial charge on any atom is 0.410 e. The summed E-state index contributed by atoms with van der Waals surface area (Å²) in [7, 11) is 0. The van der Waals surface area contributed by atoms with Crippen molar-refractivity contribution in [2.75, 3.05) is 18.8 Å². The number of rotatable bonds is 2. The van der Waals surface area contributed by atoms with Crippen molar-refractivity contribution in [2.24, 2.45) is 5.92 Å². The summed E-state index contributed by atoms with van der Waals surface area (Å²) in [5.41, 5.74) is 6.47. The number of hydrogen-bond acceptors (Lipinski definition) is 4. The van der Waals surface area contributed by atoms with E-state index in [0.717, 1.165) is 0 Å². The maximum absolute atomic E-state index is 12.5. The molecule has 0 bridgehead atoms. The van der Waals surface area contributed by atoms with Crippen molar-refractivity contribution in [3.63, 3.8) is 0 Å². The van der Waals surface area contributed by atoms with Gasteiger partial charge in [0.15, 0.2) is 5.78 Å². The van der Waals surface area contributed by atoms with Crippen molar-refractivity contribution in [3.8, 4) is 0 Å². The molecule has 1 heterocycles. The predicted molar refractivity (Wildman–Crippen MR) is 85.7 cm³/mol. The number of hydrogen-bond donors (Lipinski definition) is 1. The summed E-state index contributed by atoms with van der Waals surface area (Å²) in [6.45, 7) is 6.62. The minimum atomic E-state index is -0.498. The molecular weight excluding hydrogens is 280 g/mol. The van der Waals surface area contributed by atoms with Gasteiger partial charge in [0.1, 0.15) is 5.60 Å². The lowest BCUT2D eigenvalue weighted by Gasteiger charge is -2.33. The third kappa shape index (κ3) is 4.00. The van der Waals surface area contributed by atoms with E-state index < -0.39 is 5.60 Å². The first-order valence-corrected chi connectivity index (χ1v) is 7.64. The number of ether oxygens (including phenoxy) is 1. The largest absolute Gasteiger partial charge is 0.444 e. The van der Waals surface area contributed by atoms with Crippen LogP contribution in [-0.4, -0.2) is 35.5 Å². The van der Waals surface area contributed by atoms with Crippen molar-refractivity contribution in [2.45, 2.75) is 39.2 Å². The predicted octanol–water partition coefficient (Wildman–Crippen LogP) is 3.10. The highest BCUT2D eigenvalue weighted by Gasteiger charge is 2.30. The maximum atomic E-state index is 12.5. The zero-order valence-electron chi connectivity index (χ0n) is 13.5. The van der Waals surface area contributed by atoms with Gasteiger partial charge in [0.2, 0.25) is 0 Å². The van der Waals surface area contributed by atoms with Gasteiger partial charge in [0.25, 0.3) is 0 Å². The lowest BCUT2D eigenvalue weighted by atomic mass is 9.88. The number of nitrogen functional groups attached to an aromatic ring is 1. The molecule has 0 aromatic heterocycles. The minimum Gasteiger partial charge on any atom is -0.444 e. The van der Waals surface area contributed by atoms with Crippen molar-refractivity contribution < 1.29 is 14.3 Å². The normalized spacial score (nSPS) is 16.4. The molecule has 2 rings (SSSR count). The third-order valence-corrected chi connectivity index (χ3v) is 3.74. The Morgan fingerprint density at radius 2 is 1.77 bits per heavy atom. The molecule has 1 aromatic rings. The molecular formula is C17H24N2O3. The molecule has 1 fully saturated rings. The number of anilines is 1. The molecule has 1 aliphatic rings. The van der Waals surface area contributed by atoms with E-state index in [0.29, 0.717) is 37.2 Å². The highest BCUT2D eigenvalue weighted by molar-refractivity contribution is 6.02. The second kappa shape index (κ2) is 6.38. The molecule has 1 amide bonds. The van der Waals surface area contributed by atoms with Gasteiger partial charge in [0.05, 0.1) is 0 Å². The Bertz CT molecular complexity index is 555. The van der Waals surface area contributed by atoms with E-state index in [1.807, 2.05) is 32.9 Å². The molecule has 0 atom stereocenters. The van der Waals surface area contributed by atoms with Crippen LogP contribution in [-0.2, 0) is 4.74 Å². The fraction of sp³-hybridized carbons (Fsp3) is 0.529. The van der Waals surface area contributed by atoms with Crippen molar-refractivity contribution in [1.29, 1.82) is 0 Å². The van der Waals surface area contributed by atoms with Crippen LogP contribution in [0.3, 0.4) is 0 Å². The Balaban J connectivity index is 1.94. The van der Waals surface area contributed by atoms with E-state index >= 15 is 0 Å². The van der Waals surface area contributed by atoms with Crippen LogP contribution in [0.25, 0.3) is 0 Å². The van der Waals surface area contributed by atoms with Crippen LogP contribution in [0.5, 0.6) is 0 Å². The van der Waals surface area contributed by atoms with Crippen LogP contribution in [0.1, 0.15) is 44.0 Å². The lowest BCUT2D eigenvalue weighted by molar-refractivity contribution is 0.0182. The van der Waals surface area contributed by atoms with Gasteiger partial charge in [-0.1, -0.05) is 12.1 Å². The number of nitrogens with zero attached hydrogens (tertiary/aromatic N) is 1. The second-order valence-electron chi connectivity index (χ2n) is 6.69. The number of nitrogens with two attached hydrogens (primary N) is 1. The van der Waals surface area contributed by atoms with Gasteiger partial charge in [-0.05, 0) is 45.7 Å². The molecule has 0 unspecified atom stereocenters. The topological polar surface area (TPSA) is 72.6 Å². The van der Waals surface area contributed by atoms with Crippen LogP contribution >= 0.6 is 0 Å². The van der Waals surface area contributed by atoms with E-state index in [-0.39, 0.29) is 17.8 Å². The average Bonchev–Trinajstić information content (AvgIpc) is 2.45. The molecule has 1 saturated heterocycles. The summed E-state index contributed by atoms with van der Waals surface area (Å²) in [5, 5.41) is 0. The molecule has 0 spiro atoms. The number of carbonyl (C=O) groups excluding carboxylic acids is 2. The molecule has 5 heteroatoms. The first-order chi connectivity index (χ1) is 10.3. The summed E-state index contributed by atoms with van der Waals surface area (Å²) < 4.78 is 5.36. The van der Waals surface area contributed by atoms with E-state index in [1.54, 1.807) is 17.0 Å². The Labute approximate surface area is 131 Å². The Hall–Kier alpha value is -2.04. The van der Waals surface area contributed by atoms with Gasteiger partial charge < -0.3 is 15.4 Å². The van der Waals surface area contributed by atoms with Crippen LogP contribution in [0.15, 0.2) is 24.3 Å². The molecule has 5 nitrogen and oxygen atoms in total. The Morgan fingerprint density at radius 1 is 1.18 bits per heavy atom. The fourth-order valence-corrected chi connectivity index (χ4v) is 2.59. The molecule has 2 N–H and O–H groups in total. The van der Waals surface area contributed by atoms with Gasteiger partial charge in [-0.3, -0.25) is 4.79 Å². The summed E-state index contributed by atoms with van der Waals surface area (Å²) >= 11 is 0. The highest BCUT2D eigenvalue weighted by atomic mass is 16.6. The Kier molecular flexibility index (Phi) is 4.74. The van der Waals surface area contributed by atoms with Crippen molar-refractivity contribution in [3.05, 3.63) is 29.8 Å². The average molecular weight is 304 g/mol. The smallest absolute Gasteiger partial charge is 0.410 e. The third-order valence-electron chi connectivity index (χ3n) is 3.74. The summed E-state index contributed by atoms with van der Waals surface area (Å²) in [4.78, 5) is 26.2. The molecule has 22 heavy (non-hydrogen) atoms. The number of amides is 1. The number of ketones is 1. The van der Waals surface area contributed by atoms with E-state index in [9.17, 15) is 9.59 Å². The molecule has 1 aromatic carbocycles. The van der Waals surface area contributed by atoms with E-state index in [1.165, 1.54) is 0 Å². The van der Waals surface area contributed by atoms with Crippen LogP contribution in [0.4, 0.5) is 10.5 Å². The van der Waals surface area contributed by atoms with Crippen LogP contribution in [0, 0.1) is 5.92 Å². The summed E-state index contributed by atoms with van der Waals surface area (Å²) in [5.74, 6) is -0.00896. The number of carbonyl (C=O) groups is 2. The van der Waals surface area contributed by atoms with E-state index in [2.05, 4.69) is 0 Å². The van der Waals surface area contributed by atoms with Gasteiger partial charge in [-0.15, -0.1) is 0 Å². The standard InChI is InChI=1S/C17H24N2O3/c1-17(2,3)22-16(21)19-10-8-12(9-11-19)15(20)13-6-4-5-7-14(13)18/h4-7,12H,8-11,18H2,1-3H3. The number of likely N-dealkylation sites (tertiary alicyclic amines) is 1. The Morgan fingerprint density at radius 3 is 2.32 bits per heavy atom. The van der Waals surface area contributed by atoms with E-state index in [4.69, 9.17) is 10.5 Å². The molecule has 0 aliphatic carbocycles. The fourth-order valence-electron chi connectivity index (χ4n) is 2.59. The quantitative estimate of drug-likeness (QED) is 0.673. The number of benzene rings is 1. The van der Waals surface area contributed by atoms with Gasteiger partial charge in [0, 0.05) is 30.3 Å².